The Morgan fingerprint density at radius 1 is 1.35 bits per heavy atom. The number of hydrogen-bond donors (Lipinski definition) is 0. The van der Waals surface area contributed by atoms with Gasteiger partial charge in [-0.2, -0.15) is 4.98 Å². The van der Waals surface area contributed by atoms with Gasteiger partial charge in [0.05, 0.1) is 6.42 Å². The van der Waals surface area contributed by atoms with Crippen LogP contribution in [0.25, 0.3) is 11.4 Å². The first-order valence-electron chi connectivity index (χ1n) is 5.18. The summed E-state index contributed by atoms with van der Waals surface area (Å²) in [5, 5.41) is 3.82. The Morgan fingerprint density at radius 2 is 2.12 bits per heavy atom. The molecule has 88 valence electrons. The molecule has 17 heavy (non-hydrogen) atoms. The summed E-state index contributed by atoms with van der Waals surface area (Å²) in [4.78, 5) is 15.5. The van der Waals surface area contributed by atoms with Crippen molar-refractivity contribution in [2.75, 3.05) is 13.7 Å². The van der Waals surface area contributed by atoms with Crippen molar-refractivity contribution >= 4 is 5.78 Å². The summed E-state index contributed by atoms with van der Waals surface area (Å²) in [6, 6.07) is 9.45. The molecule has 0 unspecified atom stereocenters. The highest BCUT2D eigenvalue weighted by atomic mass is 16.5. The van der Waals surface area contributed by atoms with Gasteiger partial charge in [-0.25, -0.2) is 0 Å². The summed E-state index contributed by atoms with van der Waals surface area (Å²) in [5.41, 5.74) is 0.863. The molecule has 1 heterocycles. The highest BCUT2D eigenvalue weighted by Crippen LogP contribution is 2.14. The molecular weight excluding hydrogens is 220 g/mol. The molecule has 0 spiro atoms. The third kappa shape index (κ3) is 2.98. The Balaban J connectivity index is 2.09. The lowest BCUT2D eigenvalue weighted by atomic mass is 10.2. The Kier molecular flexibility index (Phi) is 3.62. The van der Waals surface area contributed by atoms with Gasteiger partial charge < -0.3 is 9.26 Å². The predicted octanol–water partition coefficient (Wildman–Crippen LogP) is 1.49. The number of rotatable bonds is 5. The topological polar surface area (TPSA) is 65.2 Å². The van der Waals surface area contributed by atoms with Crippen LogP contribution in [0.2, 0.25) is 0 Å². The number of carbonyl (C=O) groups is 1. The fraction of sp³-hybridized carbons (Fsp3) is 0.250. The van der Waals surface area contributed by atoms with Crippen molar-refractivity contribution in [2.45, 2.75) is 6.42 Å². The minimum absolute atomic E-state index is 0.0586. The lowest BCUT2D eigenvalue weighted by molar-refractivity contribution is -0.122. The minimum atomic E-state index is -0.0873. The van der Waals surface area contributed by atoms with Gasteiger partial charge in [0.2, 0.25) is 11.7 Å². The van der Waals surface area contributed by atoms with E-state index in [-0.39, 0.29) is 18.8 Å². The van der Waals surface area contributed by atoms with Crippen LogP contribution >= 0.6 is 0 Å². The smallest absolute Gasteiger partial charge is 0.234 e. The number of carbonyl (C=O) groups excluding carboxylic acids is 1. The van der Waals surface area contributed by atoms with Gasteiger partial charge in [-0.05, 0) is 0 Å². The molecule has 0 amide bonds. The first kappa shape index (κ1) is 11.5. The molecule has 0 aliphatic rings. The third-order valence-corrected chi connectivity index (χ3v) is 2.15. The van der Waals surface area contributed by atoms with Crippen LogP contribution in [0.5, 0.6) is 0 Å². The van der Waals surface area contributed by atoms with Crippen molar-refractivity contribution in [3.05, 3.63) is 36.2 Å². The highest BCUT2D eigenvalue weighted by molar-refractivity contribution is 5.81. The van der Waals surface area contributed by atoms with Crippen LogP contribution in [0.3, 0.4) is 0 Å². The van der Waals surface area contributed by atoms with E-state index in [1.165, 1.54) is 7.11 Å². The van der Waals surface area contributed by atoms with Crippen molar-refractivity contribution in [1.82, 2.24) is 10.1 Å². The lowest BCUT2D eigenvalue weighted by Gasteiger charge is -1.93. The van der Waals surface area contributed by atoms with Crippen molar-refractivity contribution in [1.29, 1.82) is 0 Å². The number of Topliss-reactive ketones (excluding diaryl/α,β-unsaturated/α-hetero) is 1. The highest BCUT2D eigenvalue weighted by Gasteiger charge is 2.11. The zero-order valence-electron chi connectivity index (χ0n) is 9.42. The van der Waals surface area contributed by atoms with E-state index in [4.69, 9.17) is 9.26 Å². The maximum atomic E-state index is 11.3. The standard InChI is InChI=1S/C12H12N2O3/c1-16-8-10(15)7-11-13-12(14-17-11)9-5-3-2-4-6-9/h2-6H,7-8H2,1H3. The molecule has 0 radical (unpaired) electrons. The molecular formula is C12H12N2O3. The number of ketones is 1. The number of methoxy groups -OCH3 is 1. The van der Waals surface area contributed by atoms with E-state index in [1.54, 1.807) is 0 Å². The zero-order valence-corrected chi connectivity index (χ0v) is 9.42. The molecule has 0 aliphatic carbocycles. The van der Waals surface area contributed by atoms with E-state index in [9.17, 15) is 4.79 Å². The number of aromatic nitrogens is 2. The number of ether oxygens (including phenoxy) is 1. The van der Waals surface area contributed by atoms with Gasteiger partial charge in [0.1, 0.15) is 6.61 Å². The molecule has 0 fully saturated rings. The average Bonchev–Trinajstić information content (AvgIpc) is 2.79. The van der Waals surface area contributed by atoms with Crippen LogP contribution in [0.1, 0.15) is 5.89 Å². The van der Waals surface area contributed by atoms with Crippen LogP contribution in [0.4, 0.5) is 0 Å². The number of nitrogens with zero attached hydrogens (tertiary/aromatic N) is 2. The van der Waals surface area contributed by atoms with E-state index >= 15 is 0 Å². The van der Waals surface area contributed by atoms with Crippen molar-refractivity contribution in [3.8, 4) is 11.4 Å². The van der Waals surface area contributed by atoms with Crippen molar-refractivity contribution in [2.24, 2.45) is 0 Å². The van der Waals surface area contributed by atoms with Crippen LogP contribution in [-0.4, -0.2) is 29.6 Å². The number of hydrogen-bond acceptors (Lipinski definition) is 5. The Hall–Kier alpha value is -2.01. The normalized spacial score (nSPS) is 10.4. The van der Waals surface area contributed by atoms with Crippen LogP contribution < -0.4 is 0 Å². The van der Waals surface area contributed by atoms with Gasteiger partial charge in [-0.3, -0.25) is 4.79 Å². The summed E-state index contributed by atoms with van der Waals surface area (Å²) in [7, 11) is 1.47. The van der Waals surface area contributed by atoms with Crippen LogP contribution in [0.15, 0.2) is 34.9 Å². The van der Waals surface area contributed by atoms with E-state index in [1.807, 2.05) is 30.3 Å². The fourth-order valence-electron chi connectivity index (χ4n) is 1.41. The summed E-state index contributed by atoms with van der Waals surface area (Å²) in [6.45, 7) is 0.0586. The van der Waals surface area contributed by atoms with Gasteiger partial charge in [0.15, 0.2) is 5.78 Å². The first-order valence-corrected chi connectivity index (χ1v) is 5.18. The van der Waals surface area contributed by atoms with Crippen molar-refractivity contribution < 1.29 is 14.1 Å². The molecule has 1 aromatic carbocycles. The van der Waals surface area contributed by atoms with E-state index in [0.29, 0.717) is 11.7 Å². The molecule has 0 bridgehead atoms. The second kappa shape index (κ2) is 5.36. The Bertz CT molecular complexity index is 493. The Morgan fingerprint density at radius 3 is 2.82 bits per heavy atom. The molecule has 0 atom stereocenters. The fourth-order valence-corrected chi connectivity index (χ4v) is 1.41. The van der Waals surface area contributed by atoms with Gasteiger partial charge in [-0.15, -0.1) is 0 Å². The molecule has 5 nitrogen and oxygen atoms in total. The second-order valence-electron chi connectivity index (χ2n) is 3.53. The summed E-state index contributed by atoms with van der Waals surface area (Å²) >= 11 is 0. The SMILES string of the molecule is COCC(=O)Cc1nc(-c2ccccc2)no1. The average molecular weight is 232 g/mol. The first-order chi connectivity index (χ1) is 8.29. The monoisotopic (exact) mass is 232 g/mol. The molecule has 1 aromatic heterocycles. The summed E-state index contributed by atoms with van der Waals surface area (Å²) in [6.07, 6.45) is 0.105. The van der Waals surface area contributed by atoms with Gasteiger partial charge in [-0.1, -0.05) is 35.5 Å². The maximum Gasteiger partial charge on any atom is 0.234 e. The lowest BCUT2D eigenvalue weighted by Crippen LogP contribution is -2.09. The Labute approximate surface area is 98.4 Å². The maximum absolute atomic E-state index is 11.3. The summed E-state index contributed by atoms with van der Waals surface area (Å²) < 4.78 is 9.73. The molecule has 0 saturated heterocycles. The molecule has 2 rings (SSSR count). The van der Waals surface area contributed by atoms with Gasteiger partial charge in [0, 0.05) is 12.7 Å². The van der Waals surface area contributed by atoms with E-state index < -0.39 is 0 Å². The zero-order chi connectivity index (χ0) is 12.1. The molecule has 2 aromatic rings. The predicted molar refractivity (Wildman–Crippen MR) is 60.3 cm³/mol. The van der Waals surface area contributed by atoms with E-state index in [0.717, 1.165) is 5.56 Å². The molecule has 0 aliphatic heterocycles. The van der Waals surface area contributed by atoms with Crippen LogP contribution in [-0.2, 0) is 16.0 Å². The largest absolute Gasteiger partial charge is 0.377 e. The second-order valence-corrected chi connectivity index (χ2v) is 3.53. The van der Waals surface area contributed by atoms with Crippen molar-refractivity contribution in [3.63, 3.8) is 0 Å². The molecule has 0 saturated carbocycles. The van der Waals surface area contributed by atoms with Gasteiger partial charge >= 0.3 is 0 Å². The van der Waals surface area contributed by atoms with Gasteiger partial charge in [0.25, 0.3) is 0 Å². The summed E-state index contributed by atoms with van der Waals surface area (Å²) in [5.74, 6) is 0.715. The van der Waals surface area contributed by atoms with E-state index in [2.05, 4.69) is 10.1 Å². The molecule has 0 N–H and O–H groups in total. The minimum Gasteiger partial charge on any atom is -0.377 e. The molecule has 5 heteroatoms. The number of benzene rings is 1. The van der Waals surface area contributed by atoms with Crippen LogP contribution in [0, 0.1) is 0 Å². The third-order valence-electron chi connectivity index (χ3n) is 2.15. The quantitative estimate of drug-likeness (QED) is 0.781.